The lowest BCUT2D eigenvalue weighted by Crippen LogP contribution is -2.18. The Kier molecular flexibility index (Phi) is 4.76. The van der Waals surface area contributed by atoms with E-state index in [2.05, 4.69) is 19.2 Å². The topological polar surface area (TPSA) is 12.0 Å². The van der Waals surface area contributed by atoms with Crippen LogP contribution in [0.2, 0.25) is 0 Å². The molecule has 0 aliphatic heterocycles. The summed E-state index contributed by atoms with van der Waals surface area (Å²) in [6, 6.07) is 6.86. The van der Waals surface area contributed by atoms with Gasteiger partial charge in [-0.1, -0.05) is 26.0 Å². The maximum atomic E-state index is 12.8. The third-order valence-electron chi connectivity index (χ3n) is 2.55. The Balaban J connectivity index is 2.74. The Labute approximate surface area is 91.7 Å². The molecule has 0 saturated heterocycles. The molecule has 0 aliphatic rings. The van der Waals surface area contributed by atoms with Crippen LogP contribution in [0, 0.1) is 11.7 Å². The first-order valence-electron chi connectivity index (χ1n) is 5.53. The van der Waals surface area contributed by atoms with Crippen molar-refractivity contribution in [1.82, 2.24) is 5.32 Å². The minimum absolute atomic E-state index is 0.161. The van der Waals surface area contributed by atoms with Crippen LogP contribution in [0.4, 0.5) is 4.39 Å². The Bertz CT molecular complexity index is 279. The normalized spacial score (nSPS) is 13.1. The van der Waals surface area contributed by atoms with E-state index in [1.807, 2.05) is 19.2 Å². The van der Waals surface area contributed by atoms with Gasteiger partial charge in [0.2, 0.25) is 0 Å². The Morgan fingerprint density at radius 3 is 2.27 bits per heavy atom. The highest BCUT2D eigenvalue weighted by molar-refractivity contribution is 5.20. The van der Waals surface area contributed by atoms with Crippen LogP contribution in [0.3, 0.4) is 0 Å². The Morgan fingerprint density at radius 2 is 1.80 bits per heavy atom. The van der Waals surface area contributed by atoms with Crippen LogP contribution in [-0.4, -0.2) is 13.6 Å². The number of hydrogen-bond donors (Lipinski definition) is 1. The monoisotopic (exact) mass is 209 g/mol. The van der Waals surface area contributed by atoms with Gasteiger partial charge in [-0.25, -0.2) is 4.39 Å². The van der Waals surface area contributed by atoms with E-state index in [1.54, 1.807) is 12.1 Å². The molecule has 1 unspecified atom stereocenters. The summed E-state index contributed by atoms with van der Waals surface area (Å²) in [6.07, 6.45) is 1.13. The summed E-state index contributed by atoms with van der Waals surface area (Å²) in [5.41, 5.74) is 1.22. The molecule has 0 aromatic heterocycles. The zero-order valence-corrected chi connectivity index (χ0v) is 9.76. The van der Waals surface area contributed by atoms with Gasteiger partial charge >= 0.3 is 0 Å². The van der Waals surface area contributed by atoms with E-state index >= 15 is 0 Å². The van der Waals surface area contributed by atoms with Crippen molar-refractivity contribution in [3.8, 4) is 0 Å². The van der Waals surface area contributed by atoms with Crippen molar-refractivity contribution in [3.05, 3.63) is 35.6 Å². The summed E-state index contributed by atoms with van der Waals surface area (Å²) in [4.78, 5) is 0. The fourth-order valence-corrected chi connectivity index (χ4v) is 1.89. The maximum Gasteiger partial charge on any atom is 0.123 e. The van der Waals surface area contributed by atoms with Gasteiger partial charge in [0, 0.05) is 6.54 Å². The van der Waals surface area contributed by atoms with Gasteiger partial charge in [0.15, 0.2) is 0 Å². The highest BCUT2D eigenvalue weighted by Crippen LogP contribution is 2.23. The molecule has 0 bridgehead atoms. The van der Waals surface area contributed by atoms with Crippen LogP contribution in [-0.2, 0) is 0 Å². The minimum atomic E-state index is -0.161. The van der Waals surface area contributed by atoms with E-state index in [4.69, 9.17) is 0 Å². The van der Waals surface area contributed by atoms with E-state index in [0.717, 1.165) is 13.0 Å². The second-order valence-electron chi connectivity index (χ2n) is 4.44. The smallest absolute Gasteiger partial charge is 0.123 e. The molecule has 0 spiro atoms. The molecule has 1 N–H and O–H groups in total. The summed E-state index contributed by atoms with van der Waals surface area (Å²) in [7, 11) is 1.96. The number of halogens is 1. The lowest BCUT2D eigenvalue weighted by molar-refractivity contribution is 0.483. The highest BCUT2D eigenvalue weighted by Gasteiger charge is 2.12. The molecule has 1 atom stereocenters. The van der Waals surface area contributed by atoms with Gasteiger partial charge < -0.3 is 5.32 Å². The van der Waals surface area contributed by atoms with E-state index < -0.39 is 0 Å². The SMILES string of the molecule is CNCC(CC(C)C)c1ccc(F)cc1. The summed E-state index contributed by atoms with van der Waals surface area (Å²) in [5, 5.41) is 3.19. The van der Waals surface area contributed by atoms with Crippen molar-refractivity contribution in [2.45, 2.75) is 26.2 Å². The van der Waals surface area contributed by atoms with Gasteiger partial charge in [0.05, 0.1) is 0 Å². The number of benzene rings is 1. The van der Waals surface area contributed by atoms with Crippen molar-refractivity contribution in [3.63, 3.8) is 0 Å². The number of rotatable bonds is 5. The molecule has 0 fully saturated rings. The van der Waals surface area contributed by atoms with Crippen LogP contribution in [0.25, 0.3) is 0 Å². The van der Waals surface area contributed by atoms with Crippen LogP contribution in [0.5, 0.6) is 0 Å². The first-order valence-corrected chi connectivity index (χ1v) is 5.53. The summed E-state index contributed by atoms with van der Waals surface area (Å²) >= 11 is 0. The van der Waals surface area contributed by atoms with E-state index in [9.17, 15) is 4.39 Å². The Morgan fingerprint density at radius 1 is 1.20 bits per heavy atom. The van der Waals surface area contributed by atoms with Gasteiger partial charge in [-0.3, -0.25) is 0 Å². The molecule has 0 saturated carbocycles. The molecule has 1 nitrogen and oxygen atoms in total. The lowest BCUT2D eigenvalue weighted by atomic mass is 9.90. The fraction of sp³-hybridized carbons (Fsp3) is 0.538. The van der Waals surface area contributed by atoms with Gasteiger partial charge in [-0.05, 0) is 43.0 Å². The van der Waals surface area contributed by atoms with E-state index in [1.165, 1.54) is 5.56 Å². The average molecular weight is 209 g/mol. The third kappa shape index (κ3) is 4.00. The number of likely N-dealkylation sites (N-methyl/N-ethyl adjacent to an activating group) is 1. The predicted octanol–water partition coefficient (Wildman–Crippen LogP) is 3.17. The molecule has 1 aromatic rings. The second-order valence-corrected chi connectivity index (χ2v) is 4.44. The standard InChI is InChI=1S/C13H20FN/c1-10(2)8-12(9-15-3)11-4-6-13(14)7-5-11/h4-7,10,12,15H,8-9H2,1-3H3. The number of nitrogens with one attached hydrogen (secondary N) is 1. The highest BCUT2D eigenvalue weighted by atomic mass is 19.1. The van der Waals surface area contributed by atoms with Crippen LogP contribution in [0.1, 0.15) is 31.7 Å². The Hall–Kier alpha value is -0.890. The molecule has 15 heavy (non-hydrogen) atoms. The van der Waals surface area contributed by atoms with E-state index in [-0.39, 0.29) is 5.82 Å². The zero-order chi connectivity index (χ0) is 11.3. The molecular weight excluding hydrogens is 189 g/mol. The second kappa shape index (κ2) is 5.86. The van der Waals surface area contributed by atoms with Gasteiger partial charge in [-0.2, -0.15) is 0 Å². The molecule has 2 heteroatoms. The van der Waals surface area contributed by atoms with E-state index in [0.29, 0.717) is 11.8 Å². The lowest BCUT2D eigenvalue weighted by Gasteiger charge is -2.19. The summed E-state index contributed by atoms with van der Waals surface area (Å²) in [6.45, 7) is 5.38. The predicted molar refractivity (Wildman–Crippen MR) is 62.5 cm³/mol. The molecule has 0 heterocycles. The maximum absolute atomic E-state index is 12.8. The van der Waals surface area contributed by atoms with Crippen LogP contribution in [0.15, 0.2) is 24.3 Å². The molecular formula is C13H20FN. The van der Waals surface area contributed by atoms with Crippen molar-refractivity contribution >= 4 is 0 Å². The summed E-state index contributed by atoms with van der Waals surface area (Å²) in [5.74, 6) is 0.982. The molecule has 0 radical (unpaired) electrons. The average Bonchev–Trinajstić information content (AvgIpc) is 2.17. The zero-order valence-electron chi connectivity index (χ0n) is 9.76. The van der Waals surface area contributed by atoms with Gasteiger partial charge in [0.1, 0.15) is 5.82 Å². The first-order chi connectivity index (χ1) is 7.13. The third-order valence-corrected chi connectivity index (χ3v) is 2.55. The van der Waals surface area contributed by atoms with Gasteiger partial charge in [-0.15, -0.1) is 0 Å². The van der Waals surface area contributed by atoms with Crippen molar-refractivity contribution in [1.29, 1.82) is 0 Å². The minimum Gasteiger partial charge on any atom is -0.319 e. The van der Waals surface area contributed by atoms with Crippen molar-refractivity contribution in [2.24, 2.45) is 5.92 Å². The summed E-state index contributed by atoms with van der Waals surface area (Å²) < 4.78 is 12.8. The van der Waals surface area contributed by atoms with Crippen molar-refractivity contribution in [2.75, 3.05) is 13.6 Å². The fourth-order valence-electron chi connectivity index (χ4n) is 1.89. The quantitative estimate of drug-likeness (QED) is 0.785. The van der Waals surface area contributed by atoms with Crippen LogP contribution >= 0.6 is 0 Å². The largest absolute Gasteiger partial charge is 0.319 e. The molecule has 0 amide bonds. The number of hydrogen-bond acceptors (Lipinski definition) is 1. The molecule has 1 aromatic carbocycles. The molecule has 84 valence electrons. The van der Waals surface area contributed by atoms with Crippen molar-refractivity contribution < 1.29 is 4.39 Å². The molecule has 1 rings (SSSR count). The van der Waals surface area contributed by atoms with Gasteiger partial charge in [0.25, 0.3) is 0 Å². The first kappa shape index (κ1) is 12.2. The molecule has 0 aliphatic carbocycles. The van der Waals surface area contributed by atoms with Crippen LogP contribution < -0.4 is 5.32 Å².